The fourth-order valence-corrected chi connectivity index (χ4v) is 2.45. The van der Waals surface area contributed by atoms with Gasteiger partial charge in [0.2, 0.25) is 5.91 Å². The molecule has 0 aliphatic carbocycles. The van der Waals surface area contributed by atoms with Crippen LogP contribution in [0, 0.1) is 0 Å². The van der Waals surface area contributed by atoms with Gasteiger partial charge in [0.25, 0.3) is 0 Å². The molecule has 1 aliphatic rings. The summed E-state index contributed by atoms with van der Waals surface area (Å²) in [5.74, 6) is 0.130. The first kappa shape index (κ1) is 15.4. The Morgan fingerprint density at radius 3 is 2.33 bits per heavy atom. The van der Waals surface area contributed by atoms with E-state index in [0.717, 1.165) is 5.56 Å². The lowest BCUT2D eigenvalue weighted by Gasteiger charge is -2.35. The molecule has 1 fully saturated rings. The van der Waals surface area contributed by atoms with Gasteiger partial charge in [-0.25, -0.2) is 4.79 Å². The second-order valence-corrected chi connectivity index (χ2v) is 5.83. The van der Waals surface area contributed by atoms with Crippen molar-refractivity contribution in [3.05, 3.63) is 24.0 Å². The van der Waals surface area contributed by atoms with E-state index >= 15 is 0 Å². The Morgan fingerprint density at radius 2 is 1.81 bits per heavy atom. The highest BCUT2D eigenvalue weighted by atomic mass is 16.2. The molecule has 0 bridgehead atoms. The molecule has 1 N–H and O–H groups in total. The molecular weight excluding hydrogens is 268 g/mol. The summed E-state index contributed by atoms with van der Waals surface area (Å²) in [7, 11) is 1.94. The van der Waals surface area contributed by atoms with E-state index in [-0.39, 0.29) is 18.0 Å². The molecule has 6 heteroatoms. The molecule has 116 valence electrons. The molecule has 6 nitrogen and oxygen atoms in total. The predicted molar refractivity (Wildman–Crippen MR) is 80.9 cm³/mol. The van der Waals surface area contributed by atoms with Gasteiger partial charge in [-0.3, -0.25) is 4.79 Å². The number of urea groups is 1. The summed E-state index contributed by atoms with van der Waals surface area (Å²) in [4.78, 5) is 27.7. The van der Waals surface area contributed by atoms with Gasteiger partial charge in [-0.1, -0.05) is 0 Å². The number of piperazine rings is 1. The molecule has 0 spiro atoms. The first-order chi connectivity index (χ1) is 9.95. The Bertz CT molecular complexity index is 502. The van der Waals surface area contributed by atoms with Crippen LogP contribution in [0.3, 0.4) is 0 Å². The van der Waals surface area contributed by atoms with Crippen molar-refractivity contribution in [2.75, 3.05) is 26.2 Å². The minimum absolute atomic E-state index is 0.0415. The van der Waals surface area contributed by atoms with Crippen LogP contribution in [-0.4, -0.2) is 58.5 Å². The molecule has 1 saturated heterocycles. The van der Waals surface area contributed by atoms with Crippen LogP contribution >= 0.6 is 0 Å². The maximum atomic E-state index is 12.2. The Labute approximate surface area is 125 Å². The number of hydrogen-bond donors (Lipinski definition) is 1. The molecule has 1 aliphatic heterocycles. The number of carbonyl (C=O) groups excluding carboxylic acids is 2. The van der Waals surface area contributed by atoms with E-state index in [9.17, 15) is 9.59 Å². The lowest BCUT2D eigenvalue weighted by Crippen LogP contribution is -2.54. The van der Waals surface area contributed by atoms with Crippen molar-refractivity contribution in [1.82, 2.24) is 19.7 Å². The topological polar surface area (TPSA) is 57.6 Å². The smallest absolute Gasteiger partial charge is 0.317 e. The standard InChI is InChI=1S/C15H24N4O2/c1-12(2)16-15(21)19-8-6-18(7-9-19)14(20)10-13-4-5-17(3)11-13/h4-5,11-12H,6-10H2,1-3H3,(H,16,21). The SMILES string of the molecule is CC(C)NC(=O)N1CCN(C(=O)Cc2ccn(C)c2)CC1. The number of aromatic nitrogens is 1. The Morgan fingerprint density at radius 1 is 1.19 bits per heavy atom. The molecule has 0 atom stereocenters. The van der Waals surface area contributed by atoms with Crippen LogP contribution in [0.2, 0.25) is 0 Å². The molecule has 2 rings (SSSR count). The van der Waals surface area contributed by atoms with E-state index in [1.165, 1.54) is 0 Å². The third-order valence-electron chi connectivity index (χ3n) is 3.58. The maximum absolute atomic E-state index is 12.2. The summed E-state index contributed by atoms with van der Waals surface area (Å²) in [5.41, 5.74) is 1.03. The molecule has 21 heavy (non-hydrogen) atoms. The van der Waals surface area contributed by atoms with Gasteiger partial charge in [-0.15, -0.1) is 0 Å². The Balaban J connectivity index is 1.80. The molecule has 2 heterocycles. The van der Waals surface area contributed by atoms with Crippen LogP contribution in [0.25, 0.3) is 0 Å². The zero-order chi connectivity index (χ0) is 15.4. The molecule has 0 radical (unpaired) electrons. The van der Waals surface area contributed by atoms with Crippen LogP contribution in [0.4, 0.5) is 4.79 Å². The van der Waals surface area contributed by atoms with Crippen molar-refractivity contribution in [3.63, 3.8) is 0 Å². The van der Waals surface area contributed by atoms with Crippen molar-refractivity contribution in [1.29, 1.82) is 0 Å². The van der Waals surface area contributed by atoms with Gasteiger partial charge in [-0.05, 0) is 25.5 Å². The van der Waals surface area contributed by atoms with Gasteiger partial charge in [-0.2, -0.15) is 0 Å². The van der Waals surface area contributed by atoms with Crippen LogP contribution < -0.4 is 5.32 Å². The fourth-order valence-electron chi connectivity index (χ4n) is 2.45. The largest absolute Gasteiger partial charge is 0.357 e. The average Bonchev–Trinajstić information content (AvgIpc) is 2.83. The highest BCUT2D eigenvalue weighted by Crippen LogP contribution is 2.07. The summed E-state index contributed by atoms with van der Waals surface area (Å²) < 4.78 is 1.94. The molecule has 0 aromatic carbocycles. The quantitative estimate of drug-likeness (QED) is 0.897. The monoisotopic (exact) mass is 292 g/mol. The minimum Gasteiger partial charge on any atom is -0.357 e. The molecule has 3 amide bonds. The highest BCUT2D eigenvalue weighted by Gasteiger charge is 2.24. The second kappa shape index (κ2) is 6.65. The number of hydrogen-bond acceptors (Lipinski definition) is 2. The average molecular weight is 292 g/mol. The Hall–Kier alpha value is -1.98. The zero-order valence-electron chi connectivity index (χ0n) is 13.0. The van der Waals surface area contributed by atoms with Crippen LogP contribution in [0.1, 0.15) is 19.4 Å². The summed E-state index contributed by atoms with van der Waals surface area (Å²) in [6.07, 6.45) is 4.33. The van der Waals surface area contributed by atoms with E-state index in [4.69, 9.17) is 0 Å². The third kappa shape index (κ3) is 4.24. The molecule has 0 saturated carbocycles. The van der Waals surface area contributed by atoms with E-state index in [1.54, 1.807) is 4.90 Å². The van der Waals surface area contributed by atoms with Crippen molar-refractivity contribution in [2.45, 2.75) is 26.3 Å². The Kier molecular flexibility index (Phi) is 4.88. The van der Waals surface area contributed by atoms with E-state index < -0.39 is 0 Å². The second-order valence-electron chi connectivity index (χ2n) is 5.83. The normalized spacial score (nSPS) is 15.4. The van der Waals surface area contributed by atoms with Gasteiger partial charge in [0.05, 0.1) is 6.42 Å². The van der Waals surface area contributed by atoms with E-state index in [1.807, 2.05) is 48.8 Å². The molecule has 0 unspecified atom stereocenters. The van der Waals surface area contributed by atoms with E-state index in [2.05, 4.69) is 5.32 Å². The fraction of sp³-hybridized carbons (Fsp3) is 0.600. The van der Waals surface area contributed by atoms with Crippen LogP contribution in [0.5, 0.6) is 0 Å². The predicted octanol–water partition coefficient (Wildman–Crippen LogP) is 0.830. The van der Waals surface area contributed by atoms with E-state index in [0.29, 0.717) is 32.6 Å². The van der Waals surface area contributed by atoms with Crippen molar-refractivity contribution in [3.8, 4) is 0 Å². The summed E-state index contributed by atoms with van der Waals surface area (Å²) in [6, 6.07) is 2.06. The van der Waals surface area contributed by atoms with Gasteiger partial charge in [0.1, 0.15) is 0 Å². The zero-order valence-corrected chi connectivity index (χ0v) is 13.0. The van der Waals surface area contributed by atoms with Gasteiger partial charge in [0, 0.05) is 51.7 Å². The third-order valence-corrected chi connectivity index (χ3v) is 3.58. The number of amides is 3. The number of nitrogens with zero attached hydrogens (tertiary/aromatic N) is 3. The number of aryl methyl sites for hydroxylation is 1. The lowest BCUT2D eigenvalue weighted by molar-refractivity contribution is -0.131. The lowest BCUT2D eigenvalue weighted by atomic mass is 10.2. The van der Waals surface area contributed by atoms with Crippen molar-refractivity contribution in [2.24, 2.45) is 7.05 Å². The first-order valence-electron chi connectivity index (χ1n) is 7.40. The van der Waals surface area contributed by atoms with Gasteiger partial charge < -0.3 is 19.7 Å². The highest BCUT2D eigenvalue weighted by molar-refractivity contribution is 5.79. The van der Waals surface area contributed by atoms with Gasteiger partial charge in [0.15, 0.2) is 0 Å². The van der Waals surface area contributed by atoms with Gasteiger partial charge >= 0.3 is 6.03 Å². The summed E-state index contributed by atoms with van der Waals surface area (Å²) >= 11 is 0. The molecule has 1 aromatic rings. The number of nitrogens with one attached hydrogen (secondary N) is 1. The van der Waals surface area contributed by atoms with Crippen molar-refractivity contribution >= 4 is 11.9 Å². The summed E-state index contributed by atoms with van der Waals surface area (Å²) in [6.45, 7) is 6.29. The minimum atomic E-state index is -0.0415. The maximum Gasteiger partial charge on any atom is 0.317 e. The summed E-state index contributed by atoms with van der Waals surface area (Å²) in [5, 5.41) is 2.88. The molecular formula is C15H24N4O2. The van der Waals surface area contributed by atoms with Crippen molar-refractivity contribution < 1.29 is 9.59 Å². The number of carbonyl (C=O) groups is 2. The first-order valence-corrected chi connectivity index (χ1v) is 7.40. The van der Waals surface area contributed by atoms with Crippen LogP contribution in [0.15, 0.2) is 18.5 Å². The molecule has 1 aromatic heterocycles. The van der Waals surface area contributed by atoms with Crippen LogP contribution in [-0.2, 0) is 18.3 Å². The number of rotatable bonds is 3.